The monoisotopic (exact) mass is 301 g/mol. The number of aliphatic hydroxyl groups is 1. The molecule has 3 nitrogen and oxygen atoms in total. The van der Waals surface area contributed by atoms with E-state index in [1.54, 1.807) is 0 Å². The van der Waals surface area contributed by atoms with Crippen molar-refractivity contribution in [3.8, 4) is 0 Å². The highest BCUT2D eigenvalue weighted by Gasteiger charge is 2.49. The van der Waals surface area contributed by atoms with Gasteiger partial charge < -0.3 is 15.2 Å². The van der Waals surface area contributed by atoms with E-state index in [1.807, 2.05) is 6.07 Å². The molecule has 0 radical (unpaired) electrons. The molecule has 22 heavy (non-hydrogen) atoms. The Morgan fingerprint density at radius 1 is 1.18 bits per heavy atom. The van der Waals surface area contributed by atoms with Crippen molar-refractivity contribution in [1.82, 2.24) is 5.32 Å². The summed E-state index contributed by atoms with van der Waals surface area (Å²) in [4.78, 5) is 0. The van der Waals surface area contributed by atoms with Crippen LogP contribution in [0.3, 0.4) is 0 Å². The number of nitrogens with one attached hydrogen (secondary N) is 1. The minimum atomic E-state index is 0.153. The van der Waals surface area contributed by atoms with E-state index in [4.69, 9.17) is 4.74 Å². The van der Waals surface area contributed by atoms with Crippen molar-refractivity contribution < 1.29 is 9.84 Å². The highest BCUT2D eigenvalue weighted by atomic mass is 16.5. The Labute approximate surface area is 133 Å². The molecule has 0 saturated heterocycles. The first-order valence-corrected chi connectivity index (χ1v) is 8.30. The predicted molar refractivity (Wildman–Crippen MR) is 88.5 cm³/mol. The predicted octanol–water partition coefficient (Wildman–Crippen LogP) is 2.90. The maximum absolute atomic E-state index is 9.21. The molecule has 0 aromatic heterocycles. The lowest BCUT2D eigenvalue weighted by Crippen LogP contribution is -2.62. The number of rotatable bonds is 6. The molecule has 2 aliphatic rings. The molecule has 3 rings (SSSR count). The van der Waals surface area contributed by atoms with Crippen LogP contribution in [0.15, 0.2) is 42.5 Å². The number of benzene rings is 1. The standard InChI is InChI=1S/C19H27NO2/c1-19(2)17(20-16-9-8-15(10-16)12-21)11-18(19)22-13-14-6-4-3-5-7-14/h3-9,15-18,20-21H,10-13H2,1-2H3/t15-,16+,17?,18?/m0/s1. The summed E-state index contributed by atoms with van der Waals surface area (Å²) in [7, 11) is 0. The Morgan fingerprint density at radius 3 is 2.59 bits per heavy atom. The van der Waals surface area contributed by atoms with Gasteiger partial charge in [-0.2, -0.15) is 0 Å². The van der Waals surface area contributed by atoms with Gasteiger partial charge in [-0.1, -0.05) is 56.3 Å². The molecular formula is C19H27NO2. The maximum Gasteiger partial charge on any atom is 0.0720 e. The van der Waals surface area contributed by atoms with Gasteiger partial charge in [0.05, 0.1) is 12.7 Å². The molecule has 0 spiro atoms. The second kappa shape index (κ2) is 6.53. The Hall–Kier alpha value is -1.16. The molecule has 2 aliphatic carbocycles. The summed E-state index contributed by atoms with van der Waals surface area (Å²) in [6.45, 7) is 5.52. The van der Waals surface area contributed by atoms with E-state index in [9.17, 15) is 5.11 Å². The van der Waals surface area contributed by atoms with Gasteiger partial charge in [0.2, 0.25) is 0 Å². The average molecular weight is 301 g/mol. The first-order chi connectivity index (χ1) is 10.6. The zero-order valence-electron chi connectivity index (χ0n) is 13.5. The highest BCUT2D eigenvalue weighted by Crippen LogP contribution is 2.43. The largest absolute Gasteiger partial charge is 0.396 e. The molecule has 2 unspecified atom stereocenters. The Morgan fingerprint density at radius 2 is 1.95 bits per heavy atom. The average Bonchev–Trinajstić information content (AvgIpc) is 2.99. The lowest BCUT2D eigenvalue weighted by Gasteiger charge is -2.52. The van der Waals surface area contributed by atoms with Crippen LogP contribution in [0.4, 0.5) is 0 Å². The van der Waals surface area contributed by atoms with E-state index >= 15 is 0 Å². The quantitative estimate of drug-likeness (QED) is 0.794. The minimum absolute atomic E-state index is 0.153. The molecule has 0 bridgehead atoms. The van der Waals surface area contributed by atoms with Gasteiger partial charge in [0.15, 0.2) is 0 Å². The number of aliphatic hydroxyl groups excluding tert-OH is 1. The van der Waals surface area contributed by atoms with Crippen LogP contribution in [0, 0.1) is 11.3 Å². The topological polar surface area (TPSA) is 41.5 Å². The normalized spacial score (nSPS) is 32.9. The first-order valence-electron chi connectivity index (χ1n) is 8.30. The van der Waals surface area contributed by atoms with Crippen LogP contribution in [-0.2, 0) is 11.3 Å². The fraction of sp³-hybridized carbons (Fsp3) is 0.579. The van der Waals surface area contributed by atoms with Crippen LogP contribution in [-0.4, -0.2) is 29.9 Å². The van der Waals surface area contributed by atoms with Gasteiger partial charge in [-0.15, -0.1) is 0 Å². The van der Waals surface area contributed by atoms with Gasteiger partial charge >= 0.3 is 0 Å². The van der Waals surface area contributed by atoms with E-state index < -0.39 is 0 Å². The molecule has 120 valence electrons. The molecule has 3 heteroatoms. The second-order valence-electron chi connectivity index (χ2n) is 7.23. The summed E-state index contributed by atoms with van der Waals surface area (Å²) >= 11 is 0. The number of hydrogen-bond acceptors (Lipinski definition) is 3. The van der Waals surface area contributed by atoms with Gasteiger partial charge in [0, 0.05) is 30.0 Å². The van der Waals surface area contributed by atoms with Gasteiger partial charge in [0.25, 0.3) is 0 Å². The molecule has 4 atom stereocenters. The molecule has 2 N–H and O–H groups in total. The van der Waals surface area contributed by atoms with Gasteiger partial charge in [0.1, 0.15) is 0 Å². The fourth-order valence-electron chi connectivity index (χ4n) is 3.51. The molecule has 0 heterocycles. The van der Waals surface area contributed by atoms with Crippen LogP contribution in [0.5, 0.6) is 0 Å². The lowest BCUT2D eigenvalue weighted by atomic mass is 9.64. The van der Waals surface area contributed by atoms with Gasteiger partial charge in [-0.3, -0.25) is 0 Å². The van der Waals surface area contributed by atoms with Crippen molar-refractivity contribution in [2.75, 3.05) is 6.61 Å². The second-order valence-corrected chi connectivity index (χ2v) is 7.23. The third-order valence-electron chi connectivity index (χ3n) is 5.29. The third-order valence-corrected chi connectivity index (χ3v) is 5.29. The fourth-order valence-corrected chi connectivity index (χ4v) is 3.51. The lowest BCUT2D eigenvalue weighted by molar-refractivity contribution is -0.126. The van der Waals surface area contributed by atoms with Gasteiger partial charge in [-0.05, 0) is 18.4 Å². The molecule has 0 amide bonds. The molecular weight excluding hydrogens is 274 g/mol. The summed E-state index contributed by atoms with van der Waals surface area (Å²) in [5.74, 6) is 0.325. The van der Waals surface area contributed by atoms with Crippen molar-refractivity contribution in [2.24, 2.45) is 11.3 Å². The van der Waals surface area contributed by atoms with E-state index in [0.717, 1.165) is 12.8 Å². The Kier molecular flexibility index (Phi) is 4.67. The minimum Gasteiger partial charge on any atom is -0.396 e. The smallest absolute Gasteiger partial charge is 0.0720 e. The SMILES string of the molecule is CC1(C)C(N[C@@H]2C=C[C@H](CO)C2)CC1OCc1ccccc1. The van der Waals surface area contributed by atoms with Crippen LogP contribution in [0.25, 0.3) is 0 Å². The van der Waals surface area contributed by atoms with Crippen molar-refractivity contribution in [2.45, 2.75) is 51.5 Å². The molecule has 0 aliphatic heterocycles. The number of hydrogen-bond donors (Lipinski definition) is 2. The van der Waals surface area contributed by atoms with Crippen LogP contribution in [0.1, 0.15) is 32.3 Å². The van der Waals surface area contributed by atoms with E-state index in [1.165, 1.54) is 5.56 Å². The van der Waals surface area contributed by atoms with Crippen molar-refractivity contribution in [3.63, 3.8) is 0 Å². The van der Waals surface area contributed by atoms with E-state index in [2.05, 4.69) is 55.6 Å². The summed E-state index contributed by atoms with van der Waals surface area (Å²) in [6, 6.07) is 11.3. The summed E-state index contributed by atoms with van der Waals surface area (Å²) in [6.07, 6.45) is 6.72. The maximum atomic E-state index is 9.21. The number of ether oxygens (including phenoxy) is 1. The Bertz CT molecular complexity index is 511. The summed E-state index contributed by atoms with van der Waals surface area (Å²) in [5, 5.41) is 12.9. The zero-order valence-corrected chi connectivity index (χ0v) is 13.5. The van der Waals surface area contributed by atoms with Crippen LogP contribution >= 0.6 is 0 Å². The van der Waals surface area contributed by atoms with E-state index in [0.29, 0.717) is 30.7 Å². The Balaban J connectivity index is 1.47. The first kappa shape index (κ1) is 15.7. The summed E-state index contributed by atoms with van der Waals surface area (Å²) in [5.41, 5.74) is 1.39. The highest BCUT2D eigenvalue weighted by molar-refractivity contribution is 5.14. The molecule has 1 aromatic carbocycles. The van der Waals surface area contributed by atoms with Crippen molar-refractivity contribution in [3.05, 3.63) is 48.0 Å². The molecule has 1 fully saturated rings. The van der Waals surface area contributed by atoms with Crippen LogP contribution < -0.4 is 5.32 Å². The summed E-state index contributed by atoms with van der Waals surface area (Å²) < 4.78 is 6.12. The molecule has 1 saturated carbocycles. The zero-order chi connectivity index (χ0) is 15.6. The third kappa shape index (κ3) is 3.27. The van der Waals surface area contributed by atoms with Crippen molar-refractivity contribution in [1.29, 1.82) is 0 Å². The van der Waals surface area contributed by atoms with Gasteiger partial charge in [-0.25, -0.2) is 0 Å². The van der Waals surface area contributed by atoms with E-state index in [-0.39, 0.29) is 12.0 Å². The van der Waals surface area contributed by atoms with Crippen molar-refractivity contribution >= 4 is 0 Å². The van der Waals surface area contributed by atoms with Crippen LogP contribution in [0.2, 0.25) is 0 Å². The molecule has 1 aromatic rings.